The highest BCUT2D eigenvalue weighted by Gasteiger charge is 2.16. The lowest BCUT2D eigenvalue weighted by Gasteiger charge is -2.07. The average molecular weight is 326 g/mol. The lowest BCUT2D eigenvalue weighted by atomic mass is 10.2. The minimum Gasteiger partial charge on any atom is -0.506 e. The van der Waals surface area contributed by atoms with Crippen LogP contribution in [0.3, 0.4) is 0 Å². The van der Waals surface area contributed by atoms with E-state index in [9.17, 15) is 5.11 Å². The molecule has 0 atom stereocenters. The second kappa shape index (κ2) is 6.61. The Morgan fingerprint density at radius 3 is 2.79 bits per heavy atom. The van der Waals surface area contributed by atoms with E-state index in [2.05, 4.69) is 25.3 Å². The largest absolute Gasteiger partial charge is 0.506 e. The van der Waals surface area contributed by atoms with Crippen molar-refractivity contribution in [2.24, 2.45) is 7.05 Å². The van der Waals surface area contributed by atoms with Crippen molar-refractivity contribution in [1.82, 2.24) is 29.9 Å². The number of hydrogen-bond acceptors (Lipinski definition) is 7. The standard InChI is InChI=1S/C16H18N6O2/c1-4-11-7-8-17-16(19-11)24-9-13-15(20-21-22(13)3)12-5-6-14(23)10(2)18-12/h5-8,23H,4,9H2,1-3H3. The van der Waals surface area contributed by atoms with Gasteiger partial charge >= 0.3 is 6.01 Å². The molecule has 0 aliphatic rings. The van der Waals surface area contributed by atoms with Crippen LogP contribution in [-0.2, 0) is 20.1 Å². The predicted molar refractivity (Wildman–Crippen MR) is 86.4 cm³/mol. The van der Waals surface area contributed by atoms with Gasteiger partial charge in [-0.3, -0.25) is 0 Å². The second-order valence-corrected chi connectivity index (χ2v) is 5.28. The number of nitrogens with zero attached hydrogens (tertiary/aromatic N) is 6. The van der Waals surface area contributed by atoms with Gasteiger partial charge in [-0.2, -0.15) is 0 Å². The fourth-order valence-electron chi connectivity index (χ4n) is 2.20. The third-order valence-corrected chi connectivity index (χ3v) is 3.63. The topological polar surface area (TPSA) is 98.8 Å². The van der Waals surface area contributed by atoms with Gasteiger partial charge in [-0.25, -0.2) is 19.6 Å². The summed E-state index contributed by atoms with van der Waals surface area (Å²) < 4.78 is 7.32. The third kappa shape index (κ3) is 3.17. The van der Waals surface area contributed by atoms with Gasteiger partial charge < -0.3 is 9.84 Å². The Morgan fingerprint density at radius 2 is 2.04 bits per heavy atom. The molecule has 3 aromatic heterocycles. The molecule has 0 aliphatic heterocycles. The van der Waals surface area contributed by atoms with E-state index in [0.29, 0.717) is 23.1 Å². The highest BCUT2D eigenvalue weighted by Crippen LogP contribution is 2.23. The number of aromatic nitrogens is 6. The van der Waals surface area contributed by atoms with Gasteiger partial charge in [0.15, 0.2) is 0 Å². The van der Waals surface area contributed by atoms with Crippen LogP contribution in [0.2, 0.25) is 0 Å². The van der Waals surface area contributed by atoms with Crippen molar-refractivity contribution in [2.75, 3.05) is 0 Å². The van der Waals surface area contributed by atoms with Crippen LogP contribution < -0.4 is 4.74 Å². The first kappa shape index (κ1) is 15.9. The number of pyridine rings is 1. The van der Waals surface area contributed by atoms with Gasteiger partial charge in [0, 0.05) is 18.9 Å². The fourth-order valence-corrected chi connectivity index (χ4v) is 2.20. The highest BCUT2D eigenvalue weighted by atomic mass is 16.5. The molecule has 0 amide bonds. The molecule has 3 rings (SSSR count). The molecule has 0 unspecified atom stereocenters. The van der Waals surface area contributed by atoms with E-state index in [1.165, 1.54) is 0 Å². The summed E-state index contributed by atoms with van der Waals surface area (Å²) in [5.74, 6) is 0.144. The Morgan fingerprint density at radius 1 is 1.21 bits per heavy atom. The van der Waals surface area contributed by atoms with Crippen LogP contribution in [-0.4, -0.2) is 35.1 Å². The molecular weight excluding hydrogens is 308 g/mol. The van der Waals surface area contributed by atoms with Crippen LogP contribution >= 0.6 is 0 Å². The minimum atomic E-state index is 0.144. The quantitative estimate of drug-likeness (QED) is 0.763. The number of hydrogen-bond donors (Lipinski definition) is 1. The maximum absolute atomic E-state index is 9.62. The molecule has 3 aromatic rings. The minimum absolute atomic E-state index is 0.144. The van der Waals surface area contributed by atoms with Crippen molar-refractivity contribution in [2.45, 2.75) is 26.9 Å². The van der Waals surface area contributed by atoms with Crippen LogP contribution in [0.1, 0.15) is 24.0 Å². The lowest BCUT2D eigenvalue weighted by molar-refractivity contribution is 0.270. The molecular formula is C16H18N6O2. The molecule has 0 fully saturated rings. The van der Waals surface area contributed by atoms with Gasteiger partial charge in [0.05, 0.1) is 11.4 Å². The Kier molecular flexibility index (Phi) is 4.37. The van der Waals surface area contributed by atoms with Gasteiger partial charge in [0.2, 0.25) is 0 Å². The Hall–Kier alpha value is -3.03. The van der Waals surface area contributed by atoms with E-state index in [0.717, 1.165) is 17.8 Å². The fraction of sp³-hybridized carbons (Fsp3) is 0.312. The molecule has 1 N–H and O–H groups in total. The summed E-state index contributed by atoms with van der Waals surface area (Å²) in [6.45, 7) is 3.97. The summed E-state index contributed by atoms with van der Waals surface area (Å²) in [4.78, 5) is 12.8. The van der Waals surface area contributed by atoms with E-state index in [-0.39, 0.29) is 12.4 Å². The molecule has 0 bridgehead atoms. The predicted octanol–water partition coefficient (Wildman–Crippen LogP) is 1.82. The van der Waals surface area contributed by atoms with Crippen molar-refractivity contribution in [1.29, 1.82) is 0 Å². The van der Waals surface area contributed by atoms with E-state index in [1.54, 1.807) is 37.0 Å². The van der Waals surface area contributed by atoms with Crippen molar-refractivity contribution < 1.29 is 9.84 Å². The van der Waals surface area contributed by atoms with Crippen LogP contribution in [0.25, 0.3) is 11.4 Å². The summed E-state index contributed by atoms with van der Waals surface area (Å²) in [5.41, 5.74) is 3.42. The maximum atomic E-state index is 9.62. The summed E-state index contributed by atoms with van der Waals surface area (Å²) in [5, 5.41) is 17.8. The molecule has 0 aromatic carbocycles. The van der Waals surface area contributed by atoms with Crippen molar-refractivity contribution in [3.63, 3.8) is 0 Å². The monoisotopic (exact) mass is 326 g/mol. The normalized spacial score (nSPS) is 10.8. The Balaban J connectivity index is 1.86. The van der Waals surface area contributed by atoms with Crippen LogP contribution in [0.4, 0.5) is 0 Å². The zero-order valence-corrected chi connectivity index (χ0v) is 13.8. The third-order valence-electron chi connectivity index (χ3n) is 3.63. The Bertz CT molecular complexity index is 862. The van der Waals surface area contributed by atoms with E-state index < -0.39 is 0 Å². The molecule has 0 saturated heterocycles. The first-order valence-corrected chi connectivity index (χ1v) is 7.58. The van der Waals surface area contributed by atoms with E-state index >= 15 is 0 Å². The van der Waals surface area contributed by atoms with Gasteiger partial charge in [-0.1, -0.05) is 12.1 Å². The van der Waals surface area contributed by atoms with Crippen molar-refractivity contribution in [3.05, 3.63) is 41.5 Å². The number of aromatic hydroxyl groups is 1. The van der Waals surface area contributed by atoms with Crippen LogP contribution in [0.5, 0.6) is 11.8 Å². The number of ether oxygens (including phenoxy) is 1. The van der Waals surface area contributed by atoms with Gasteiger partial charge in [-0.05, 0) is 31.5 Å². The van der Waals surface area contributed by atoms with Crippen molar-refractivity contribution in [3.8, 4) is 23.1 Å². The van der Waals surface area contributed by atoms with Crippen molar-refractivity contribution >= 4 is 0 Å². The molecule has 0 saturated carbocycles. The molecule has 24 heavy (non-hydrogen) atoms. The first-order valence-electron chi connectivity index (χ1n) is 7.58. The van der Waals surface area contributed by atoms with Gasteiger partial charge in [-0.15, -0.1) is 5.10 Å². The number of aryl methyl sites for hydroxylation is 3. The molecule has 3 heterocycles. The van der Waals surface area contributed by atoms with E-state index in [1.807, 2.05) is 13.0 Å². The average Bonchev–Trinajstić information content (AvgIpc) is 2.96. The van der Waals surface area contributed by atoms with Crippen LogP contribution in [0.15, 0.2) is 24.4 Å². The van der Waals surface area contributed by atoms with Gasteiger partial charge in [0.1, 0.15) is 23.7 Å². The zero-order valence-electron chi connectivity index (χ0n) is 13.8. The molecule has 124 valence electrons. The molecule has 0 spiro atoms. The maximum Gasteiger partial charge on any atom is 0.316 e. The molecule has 8 heteroatoms. The SMILES string of the molecule is CCc1ccnc(OCc2c(-c3ccc(O)c(C)n3)nnn2C)n1. The summed E-state index contributed by atoms with van der Waals surface area (Å²) in [7, 11) is 1.78. The molecule has 8 nitrogen and oxygen atoms in total. The molecule has 0 aliphatic carbocycles. The summed E-state index contributed by atoms with van der Waals surface area (Å²) >= 11 is 0. The van der Waals surface area contributed by atoms with E-state index in [4.69, 9.17) is 4.74 Å². The summed E-state index contributed by atoms with van der Waals surface area (Å²) in [6.07, 6.45) is 2.49. The second-order valence-electron chi connectivity index (χ2n) is 5.28. The van der Waals surface area contributed by atoms with Gasteiger partial charge in [0.25, 0.3) is 0 Å². The first-order chi connectivity index (χ1) is 11.6. The smallest absolute Gasteiger partial charge is 0.316 e. The summed E-state index contributed by atoms with van der Waals surface area (Å²) in [6, 6.07) is 5.46. The highest BCUT2D eigenvalue weighted by molar-refractivity contribution is 5.57. The number of rotatable bonds is 5. The lowest BCUT2D eigenvalue weighted by Crippen LogP contribution is -2.07. The van der Waals surface area contributed by atoms with Crippen LogP contribution in [0, 0.1) is 6.92 Å². The Labute approximate surface area is 139 Å². The molecule has 0 radical (unpaired) electrons. The zero-order chi connectivity index (χ0) is 17.1.